The molecule has 1 fully saturated rings. The third-order valence-electron chi connectivity index (χ3n) is 5.07. The van der Waals surface area contributed by atoms with Gasteiger partial charge in [-0.15, -0.1) is 0 Å². The number of nitrogens with one attached hydrogen (secondary N) is 1. The van der Waals surface area contributed by atoms with Gasteiger partial charge in [0.1, 0.15) is 11.4 Å². The van der Waals surface area contributed by atoms with Crippen LogP contribution in [0.1, 0.15) is 20.7 Å². The Morgan fingerprint density at radius 2 is 1.69 bits per heavy atom. The Balaban J connectivity index is 1.46. The number of ketones is 1. The molecule has 0 atom stereocenters. The molecule has 2 amide bonds. The van der Waals surface area contributed by atoms with Crippen molar-refractivity contribution in [3.05, 3.63) is 59.9 Å². The second-order valence-electron chi connectivity index (χ2n) is 6.72. The first kappa shape index (κ1) is 18.7. The number of H-pyrrole nitrogens is 1. The number of ether oxygens (including phenoxy) is 1. The summed E-state index contributed by atoms with van der Waals surface area (Å²) >= 11 is 0. The molecule has 148 valence electrons. The molecule has 0 bridgehead atoms. The van der Waals surface area contributed by atoms with E-state index in [9.17, 15) is 14.4 Å². The van der Waals surface area contributed by atoms with Gasteiger partial charge in [0.05, 0.1) is 18.1 Å². The predicted octanol–water partition coefficient (Wildman–Crippen LogP) is 1.74. The monoisotopic (exact) mass is 392 g/mol. The average molecular weight is 392 g/mol. The lowest BCUT2D eigenvalue weighted by Gasteiger charge is -2.34. The van der Waals surface area contributed by atoms with E-state index >= 15 is 0 Å². The molecule has 3 aromatic rings. The number of carbonyl (C=O) groups excluding carboxylic acids is 3. The number of carbonyl (C=O) groups is 3. The van der Waals surface area contributed by atoms with Gasteiger partial charge in [-0.05, 0) is 18.2 Å². The van der Waals surface area contributed by atoms with Gasteiger partial charge in [0.2, 0.25) is 0 Å². The zero-order chi connectivity index (χ0) is 20.4. The standard InChI is InChI=1S/C21H20N4O4/c1-29-16-7-8-22-19-17(16)15(13-23-19)18(26)21(28)25-11-9-24(10-12-25)20(27)14-5-3-2-4-6-14/h2-8,13H,9-12H2,1H3,(H,22,23). The Morgan fingerprint density at radius 1 is 1.00 bits per heavy atom. The molecule has 1 N–H and O–H groups in total. The molecule has 2 aromatic heterocycles. The second kappa shape index (κ2) is 7.75. The van der Waals surface area contributed by atoms with Crippen LogP contribution in [0.4, 0.5) is 0 Å². The number of piperazine rings is 1. The molecular formula is C21H20N4O4. The van der Waals surface area contributed by atoms with E-state index in [2.05, 4.69) is 9.97 Å². The van der Waals surface area contributed by atoms with Crippen molar-refractivity contribution in [2.24, 2.45) is 0 Å². The number of benzene rings is 1. The zero-order valence-electron chi connectivity index (χ0n) is 15.9. The third-order valence-corrected chi connectivity index (χ3v) is 5.07. The largest absolute Gasteiger partial charge is 0.496 e. The summed E-state index contributed by atoms with van der Waals surface area (Å²) in [7, 11) is 1.50. The zero-order valence-corrected chi connectivity index (χ0v) is 15.9. The van der Waals surface area contributed by atoms with E-state index in [-0.39, 0.29) is 11.5 Å². The van der Waals surface area contributed by atoms with E-state index in [0.29, 0.717) is 48.5 Å². The van der Waals surface area contributed by atoms with E-state index in [0.717, 1.165) is 0 Å². The Morgan fingerprint density at radius 3 is 2.38 bits per heavy atom. The van der Waals surface area contributed by atoms with E-state index in [4.69, 9.17) is 4.74 Å². The number of aromatic amines is 1. The molecule has 0 aliphatic carbocycles. The maximum atomic E-state index is 12.8. The van der Waals surface area contributed by atoms with Crippen molar-refractivity contribution in [1.29, 1.82) is 0 Å². The highest BCUT2D eigenvalue weighted by Crippen LogP contribution is 2.27. The first-order valence-electron chi connectivity index (χ1n) is 9.28. The van der Waals surface area contributed by atoms with Crippen molar-refractivity contribution in [1.82, 2.24) is 19.8 Å². The molecule has 0 saturated carbocycles. The van der Waals surface area contributed by atoms with Crippen molar-refractivity contribution in [2.75, 3.05) is 33.3 Å². The maximum Gasteiger partial charge on any atom is 0.295 e. The summed E-state index contributed by atoms with van der Waals surface area (Å²) in [6.07, 6.45) is 3.05. The predicted molar refractivity (Wildman–Crippen MR) is 106 cm³/mol. The van der Waals surface area contributed by atoms with Gasteiger partial charge in [-0.3, -0.25) is 14.4 Å². The quantitative estimate of drug-likeness (QED) is 0.539. The summed E-state index contributed by atoms with van der Waals surface area (Å²) in [6.45, 7) is 1.37. The van der Waals surface area contributed by atoms with E-state index in [1.54, 1.807) is 29.3 Å². The summed E-state index contributed by atoms with van der Waals surface area (Å²) in [5.74, 6) is -0.809. The van der Waals surface area contributed by atoms with Gasteiger partial charge < -0.3 is 19.5 Å². The summed E-state index contributed by atoms with van der Waals surface area (Å²) in [5, 5.41) is 0.492. The number of aromatic nitrogens is 2. The molecule has 0 spiro atoms. The van der Waals surface area contributed by atoms with Gasteiger partial charge >= 0.3 is 0 Å². The molecule has 0 unspecified atom stereocenters. The number of fused-ring (bicyclic) bond motifs is 1. The summed E-state index contributed by atoms with van der Waals surface area (Å²) in [5.41, 5.74) is 1.33. The number of hydrogen-bond donors (Lipinski definition) is 1. The highest BCUT2D eigenvalue weighted by molar-refractivity contribution is 6.45. The lowest BCUT2D eigenvalue weighted by Crippen LogP contribution is -2.52. The minimum atomic E-state index is -0.620. The van der Waals surface area contributed by atoms with E-state index in [1.165, 1.54) is 18.2 Å². The van der Waals surface area contributed by atoms with Gasteiger partial charge in [0, 0.05) is 44.1 Å². The van der Waals surface area contributed by atoms with Crippen molar-refractivity contribution < 1.29 is 19.1 Å². The number of rotatable bonds is 4. The molecular weight excluding hydrogens is 372 g/mol. The molecule has 1 saturated heterocycles. The molecule has 1 aromatic carbocycles. The van der Waals surface area contributed by atoms with Crippen LogP contribution < -0.4 is 4.74 Å². The lowest BCUT2D eigenvalue weighted by atomic mass is 10.1. The molecule has 8 heteroatoms. The highest BCUT2D eigenvalue weighted by Gasteiger charge is 2.30. The van der Waals surface area contributed by atoms with Gasteiger partial charge in [-0.2, -0.15) is 0 Å². The van der Waals surface area contributed by atoms with Crippen LogP contribution >= 0.6 is 0 Å². The third kappa shape index (κ3) is 3.44. The summed E-state index contributed by atoms with van der Waals surface area (Å²) in [6, 6.07) is 10.7. The topological polar surface area (TPSA) is 95.6 Å². The smallest absolute Gasteiger partial charge is 0.295 e. The van der Waals surface area contributed by atoms with Gasteiger partial charge in [-0.25, -0.2) is 4.98 Å². The Labute approximate surface area is 167 Å². The Bertz CT molecular complexity index is 1070. The van der Waals surface area contributed by atoms with E-state index < -0.39 is 11.7 Å². The number of Topliss-reactive ketones (excluding diaryl/α,β-unsaturated/α-hetero) is 1. The second-order valence-corrected chi connectivity index (χ2v) is 6.72. The van der Waals surface area contributed by atoms with Gasteiger partial charge in [-0.1, -0.05) is 18.2 Å². The van der Waals surface area contributed by atoms with Crippen molar-refractivity contribution in [3.63, 3.8) is 0 Å². The number of pyridine rings is 1. The minimum absolute atomic E-state index is 0.0727. The van der Waals surface area contributed by atoms with Crippen LogP contribution in [-0.2, 0) is 4.79 Å². The van der Waals surface area contributed by atoms with Crippen molar-refractivity contribution >= 4 is 28.6 Å². The van der Waals surface area contributed by atoms with Gasteiger partial charge in [0.25, 0.3) is 17.6 Å². The van der Waals surface area contributed by atoms with Crippen LogP contribution in [0.15, 0.2) is 48.8 Å². The molecule has 29 heavy (non-hydrogen) atoms. The van der Waals surface area contributed by atoms with Crippen LogP contribution in [0.25, 0.3) is 11.0 Å². The molecule has 1 aliphatic rings. The first-order chi connectivity index (χ1) is 14.1. The van der Waals surface area contributed by atoms with Crippen LogP contribution in [0.2, 0.25) is 0 Å². The normalized spacial score (nSPS) is 14.1. The molecule has 3 heterocycles. The van der Waals surface area contributed by atoms with Crippen LogP contribution in [-0.4, -0.2) is 70.7 Å². The van der Waals surface area contributed by atoms with Crippen molar-refractivity contribution in [2.45, 2.75) is 0 Å². The van der Waals surface area contributed by atoms with E-state index in [1.807, 2.05) is 18.2 Å². The van der Waals surface area contributed by atoms with Crippen LogP contribution in [0.3, 0.4) is 0 Å². The van der Waals surface area contributed by atoms with Crippen LogP contribution in [0, 0.1) is 0 Å². The lowest BCUT2D eigenvalue weighted by molar-refractivity contribution is -0.127. The molecule has 8 nitrogen and oxygen atoms in total. The number of hydrogen-bond acceptors (Lipinski definition) is 5. The maximum absolute atomic E-state index is 12.8. The Kier molecular flexibility index (Phi) is 4.99. The van der Waals surface area contributed by atoms with Crippen LogP contribution in [0.5, 0.6) is 5.75 Å². The SMILES string of the molecule is COc1ccnc2[nH]cc(C(=O)C(=O)N3CCN(C(=O)c4ccccc4)CC3)c12. The minimum Gasteiger partial charge on any atom is -0.496 e. The molecule has 4 rings (SSSR count). The number of methoxy groups -OCH3 is 1. The number of nitrogens with zero attached hydrogens (tertiary/aromatic N) is 3. The number of amides is 2. The molecule has 0 radical (unpaired) electrons. The van der Waals surface area contributed by atoms with Crippen molar-refractivity contribution in [3.8, 4) is 5.75 Å². The van der Waals surface area contributed by atoms with Gasteiger partial charge in [0.15, 0.2) is 0 Å². The summed E-state index contributed by atoms with van der Waals surface area (Å²) in [4.78, 5) is 48.4. The Hall–Kier alpha value is -3.68. The highest BCUT2D eigenvalue weighted by atomic mass is 16.5. The summed E-state index contributed by atoms with van der Waals surface area (Å²) < 4.78 is 5.30. The average Bonchev–Trinajstić information content (AvgIpc) is 3.22. The first-order valence-corrected chi connectivity index (χ1v) is 9.28. The fourth-order valence-corrected chi connectivity index (χ4v) is 3.51. The molecule has 1 aliphatic heterocycles. The fraction of sp³-hybridized carbons (Fsp3) is 0.238. The fourth-order valence-electron chi connectivity index (χ4n) is 3.51.